The molecule has 0 aliphatic carbocycles. The quantitative estimate of drug-likeness (QED) is 0.852. The van der Waals surface area contributed by atoms with Crippen LogP contribution in [0.3, 0.4) is 0 Å². The van der Waals surface area contributed by atoms with Gasteiger partial charge in [0.15, 0.2) is 0 Å². The molecule has 3 aliphatic heterocycles. The van der Waals surface area contributed by atoms with Crippen LogP contribution >= 0.6 is 0 Å². The molecule has 24 heavy (non-hydrogen) atoms. The van der Waals surface area contributed by atoms with E-state index in [1.54, 1.807) is 0 Å². The van der Waals surface area contributed by atoms with Gasteiger partial charge in [0.05, 0.1) is 12.5 Å². The lowest BCUT2D eigenvalue weighted by Gasteiger charge is -2.36. The highest BCUT2D eigenvalue weighted by atomic mass is 16.5. The summed E-state index contributed by atoms with van der Waals surface area (Å²) in [7, 11) is 0. The van der Waals surface area contributed by atoms with E-state index in [-0.39, 0.29) is 5.92 Å². The Morgan fingerprint density at radius 2 is 1.83 bits per heavy atom. The third-order valence-electron chi connectivity index (χ3n) is 5.95. The van der Waals surface area contributed by atoms with Gasteiger partial charge < -0.3 is 9.64 Å². The van der Waals surface area contributed by atoms with Gasteiger partial charge in [-0.25, -0.2) is 0 Å². The molecule has 3 saturated heterocycles. The van der Waals surface area contributed by atoms with E-state index < -0.39 is 0 Å². The van der Waals surface area contributed by atoms with Crippen LogP contribution in [0.25, 0.3) is 0 Å². The second-order valence-electron chi connectivity index (χ2n) is 7.47. The molecule has 0 bridgehead atoms. The Morgan fingerprint density at radius 3 is 2.62 bits per heavy atom. The number of hydrogen-bond donors (Lipinski definition) is 0. The van der Waals surface area contributed by atoms with Gasteiger partial charge in [-0.05, 0) is 44.2 Å². The zero-order chi connectivity index (χ0) is 16.4. The number of carbonyl (C=O) groups is 1. The molecule has 3 fully saturated rings. The van der Waals surface area contributed by atoms with E-state index in [1.165, 1.54) is 18.4 Å². The van der Waals surface area contributed by atoms with Crippen molar-refractivity contribution in [2.24, 2.45) is 5.92 Å². The second kappa shape index (κ2) is 7.24. The molecule has 130 valence electrons. The molecule has 0 aromatic heterocycles. The van der Waals surface area contributed by atoms with E-state index in [9.17, 15) is 4.79 Å². The molecule has 0 saturated carbocycles. The molecular weight excluding hydrogens is 300 g/mol. The number of ether oxygens (including phenoxy) is 1. The summed E-state index contributed by atoms with van der Waals surface area (Å²) in [4.78, 5) is 17.7. The van der Waals surface area contributed by atoms with E-state index in [4.69, 9.17) is 4.74 Å². The Hall–Kier alpha value is -1.39. The zero-order valence-corrected chi connectivity index (χ0v) is 14.4. The minimum absolute atomic E-state index is 0.106. The standard InChI is InChI=1S/C20H28N2O2/c23-20(17-10-13-24-15-17)22-12-5-9-19(22)18-8-4-11-21(18)14-16-6-2-1-3-7-16/h1-3,6-7,17-19H,4-5,8-15H2/t17-,18+,19-/m1/s1. The molecule has 4 heteroatoms. The molecule has 0 N–H and O–H groups in total. The molecule has 3 atom stereocenters. The summed E-state index contributed by atoms with van der Waals surface area (Å²) in [6, 6.07) is 11.7. The number of likely N-dealkylation sites (tertiary alicyclic amines) is 2. The first-order valence-electron chi connectivity index (χ1n) is 9.49. The van der Waals surface area contributed by atoms with Gasteiger partial charge >= 0.3 is 0 Å². The lowest BCUT2D eigenvalue weighted by molar-refractivity contribution is -0.137. The smallest absolute Gasteiger partial charge is 0.228 e. The van der Waals surface area contributed by atoms with E-state index in [0.717, 1.165) is 45.5 Å². The topological polar surface area (TPSA) is 32.8 Å². The fraction of sp³-hybridized carbons (Fsp3) is 0.650. The average molecular weight is 328 g/mol. The SMILES string of the molecule is O=C([C@@H]1CCOC1)N1CCC[C@@H]1[C@@H]1CCCN1Cc1ccccc1. The van der Waals surface area contributed by atoms with Gasteiger partial charge in [0.25, 0.3) is 0 Å². The number of nitrogens with zero attached hydrogens (tertiary/aromatic N) is 2. The van der Waals surface area contributed by atoms with Gasteiger partial charge in [-0.2, -0.15) is 0 Å². The van der Waals surface area contributed by atoms with Crippen LogP contribution in [0.2, 0.25) is 0 Å². The number of amides is 1. The molecule has 0 spiro atoms. The van der Waals surface area contributed by atoms with Crippen LogP contribution in [0.15, 0.2) is 30.3 Å². The first-order chi connectivity index (χ1) is 11.8. The van der Waals surface area contributed by atoms with Crippen LogP contribution in [-0.2, 0) is 16.1 Å². The van der Waals surface area contributed by atoms with E-state index in [2.05, 4.69) is 40.1 Å². The third-order valence-corrected chi connectivity index (χ3v) is 5.95. The summed E-state index contributed by atoms with van der Waals surface area (Å²) in [6.45, 7) is 4.48. The van der Waals surface area contributed by atoms with Crippen molar-refractivity contribution in [2.45, 2.75) is 50.7 Å². The third kappa shape index (κ3) is 3.22. The van der Waals surface area contributed by atoms with Gasteiger partial charge in [-0.15, -0.1) is 0 Å². The highest BCUT2D eigenvalue weighted by Gasteiger charge is 2.41. The van der Waals surface area contributed by atoms with E-state index in [0.29, 0.717) is 24.6 Å². The van der Waals surface area contributed by atoms with E-state index in [1.807, 2.05) is 0 Å². The van der Waals surface area contributed by atoms with Crippen molar-refractivity contribution in [3.8, 4) is 0 Å². The molecule has 0 unspecified atom stereocenters. The molecule has 1 aromatic carbocycles. The predicted molar refractivity (Wildman–Crippen MR) is 93.5 cm³/mol. The highest BCUT2D eigenvalue weighted by Crippen LogP contribution is 2.32. The molecule has 4 nitrogen and oxygen atoms in total. The number of carbonyl (C=O) groups excluding carboxylic acids is 1. The molecule has 3 aliphatic rings. The van der Waals surface area contributed by atoms with E-state index >= 15 is 0 Å². The predicted octanol–water partition coefficient (Wildman–Crippen LogP) is 2.68. The van der Waals surface area contributed by atoms with Crippen LogP contribution in [0.4, 0.5) is 0 Å². The maximum absolute atomic E-state index is 12.9. The van der Waals surface area contributed by atoms with Gasteiger partial charge in [0.2, 0.25) is 5.91 Å². The summed E-state index contributed by atoms with van der Waals surface area (Å²) in [5.41, 5.74) is 1.38. The Balaban J connectivity index is 1.45. The summed E-state index contributed by atoms with van der Waals surface area (Å²) in [5, 5.41) is 0. The van der Waals surface area contributed by atoms with Gasteiger partial charge in [0.1, 0.15) is 0 Å². The summed E-state index contributed by atoms with van der Waals surface area (Å²) in [5.74, 6) is 0.455. The van der Waals surface area contributed by atoms with Crippen molar-refractivity contribution in [3.63, 3.8) is 0 Å². The Labute approximate surface area is 144 Å². The Bertz CT molecular complexity index is 556. The maximum Gasteiger partial charge on any atom is 0.228 e. The lowest BCUT2D eigenvalue weighted by Crippen LogP contribution is -2.49. The van der Waals surface area contributed by atoms with Crippen molar-refractivity contribution in [3.05, 3.63) is 35.9 Å². The lowest BCUT2D eigenvalue weighted by atomic mass is 10.0. The second-order valence-corrected chi connectivity index (χ2v) is 7.47. The largest absolute Gasteiger partial charge is 0.381 e. The first kappa shape index (κ1) is 16.1. The van der Waals surface area contributed by atoms with Gasteiger partial charge in [0, 0.05) is 31.8 Å². The monoisotopic (exact) mass is 328 g/mol. The fourth-order valence-electron chi connectivity index (χ4n) is 4.73. The van der Waals surface area contributed by atoms with Crippen molar-refractivity contribution < 1.29 is 9.53 Å². The minimum Gasteiger partial charge on any atom is -0.381 e. The van der Waals surface area contributed by atoms with Crippen LogP contribution in [0, 0.1) is 5.92 Å². The van der Waals surface area contributed by atoms with Crippen molar-refractivity contribution in [1.82, 2.24) is 9.80 Å². The maximum atomic E-state index is 12.9. The van der Waals surface area contributed by atoms with Crippen molar-refractivity contribution >= 4 is 5.91 Å². The van der Waals surface area contributed by atoms with Gasteiger partial charge in [-0.1, -0.05) is 30.3 Å². The van der Waals surface area contributed by atoms with Crippen LogP contribution in [-0.4, -0.2) is 54.1 Å². The summed E-state index contributed by atoms with van der Waals surface area (Å²) < 4.78 is 5.44. The Morgan fingerprint density at radius 1 is 1.04 bits per heavy atom. The molecule has 1 amide bonds. The molecule has 3 heterocycles. The molecule has 4 rings (SSSR count). The van der Waals surface area contributed by atoms with Crippen LogP contribution in [0.1, 0.15) is 37.7 Å². The minimum atomic E-state index is 0.106. The zero-order valence-electron chi connectivity index (χ0n) is 14.4. The van der Waals surface area contributed by atoms with Gasteiger partial charge in [-0.3, -0.25) is 9.69 Å². The summed E-state index contributed by atoms with van der Waals surface area (Å²) >= 11 is 0. The number of rotatable bonds is 4. The first-order valence-corrected chi connectivity index (χ1v) is 9.49. The fourth-order valence-corrected chi connectivity index (χ4v) is 4.73. The Kier molecular flexibility index (Phi) is 4.86. The average Bonchev–Trinajstić information content (AvgIpc) is 3.36. The van der Waals surface area contributed by atoms with Crippen molar-refractivity contribution in [1.29, 1.82) is 0 Å². The normalized spacial score (nSPS) is 31.0. The molecule has 0 radical (unpaired) electrons. The van der Waals surface area contributed by atoms with Crippen LogP contribution < -0.4 is 0 Å². The number of hydrogen-bond acceptors (Lipinski definition) is 3. The molecular formula is C20H28N2O2. The highest BCUT2D eigenvalue weighted by molar-refractivity contribution is 5.80. The van der Waals surface area contributed by atoms with Crippen LogP contribution in [0.5, 0.6) is 0 Å². The molecule has 1 aromatic rings. The summed E-state index contributed by atoms with van der Waals surface area (Å²) in [6.07, 6.45) is 5.69. The number of benzene rings is 1. The van der Waals surface area contributed by atoms with Crippen molar-refractivity contribution in [2.75, 3.05) is 26.3 Å².